The molecule has 0 bridgehead atoms. The first-order valence-electron chi connectivity index (χ1n) is 8.57. The van der Waals surface area contributed by atoms with Crippen LogP contribution in [0.4, 0.5) is 0 Å². The first-order valence-corrected chi connectivity index (χ1v) is 8.57. The summed E-state index contributed by atoms with van der Waals surface area (Å²) in [5.74, 6) is 0. The topological polar surface area (TPSA) is 18.5 Å². The van der Waals surface area contributed by atoms with Crippen molar-refractivity contribution in [2.24, 2.45) is 0 Å². The fraction of sp³-hybridized carbons (Fsp3) is 1.00. The zero-order chi connectivity index (χ0) is 13.1. The summed E-state index contributed by atoms with van der Waals surface area (Å²) in [6.07, 6.45) is 9.76. The third-order valence-corrected chi connectivity index (χ3v) is 5.11. The summed E-state index contributed by atoms with van der Waals surface area (Å²) in [7, 11) is 0. The molecule has 1 N–H and O–H groups in total. The van der Waals surface area contributed by atoms with Crippen LogP contribution in [0.15, 0.2) is 0 Å². The molecule has 3 aliphatic rings. The Morgan fingerprint density at radius 3 is 2.42 bits per heavy atom. The molecule has 3 rings (SSSR count). The van der Waals surface area contributed by atoms with Crippen LogP contribution in [0.5, 0.6) is 0 Å². The fourth-order valence-electron chi connectivity index (χ4n) is 3.88. The van der Waals surface area contributed by atoms with E-state index in [1.54, 1.807) is 0 Å². The Kier molecular flexibility index (Phi) is 4.78. The molecule has 2 saturated heterocycles. The van der Waals surface area contributed by atoms with E-state index in [9.17, 15) is 0 Å². The van der Waals surface area contributed by atoms with E-state index < -0.39 is 0 Å². The van der Waals surface area contributed by atoms with Gasteiger partial charge in [0, 0.05) is 24.7 Å². The number of piperidine rings is 2. The second-order valence-corrected chi connectivity index (χ2v) is 6.85. The number of hydrogen-bond donors (Lipinski definition) is 1. The van der Waals surface area contributed by atoms with Crippen LogP contribution in [0.3, 0.4) is 0 Å². The molecule has 1 atom stereocenters. The molecule has 0 aromatic carbocycles. The zero-order valence-corrected chi connectivity index (χ0v) is 12.6. The van der Waals surface area contributed by atoms with Gasteiger partial charge in [0.2, 0.25) is 0 Å². The molecule has 3 heteroatoms. The summed E-state index contributed by atoms with van der Waals surface area (Å²) < 4.78 is 0. The summed E-state index contributed by atoms with van der Waals surface area (Å²) in [6, 6.07) is 2.53. The van der Waals surface area contributed by atoms with Crippen molar-refractivity contribution >= 4 is 0 Å². The minimum atomic E-state index is 0.787. The van der Waals surface area contributed by atoms with Crippen molar-refractivity contribution in [2.75, 3.05) is 32.7 Å². The standard InChI is InChI=1S/C16H31N3/c1-2-9-18-11-7-16(8-12-18)19-10-3-4-15(13-19)17-14-5-6-14/h14-17H,2-13H2,1H3. The van der Waals surface area contributed by atoms with Crippen LogP contribution in [0.1, 0.15) is 51.9 Å². The summed E-state index contributed by atoms with van der Waals surface area (Å²) in [4.78, 5) is 5.45. The smallest absolute Gasteiger partial charge is 0.0198 e. The Balaban J connectivity index is 1.43. The average Bonchev–Trinajstić information content (AvgIpc) is 3.24. The Morgan fingerprint density at radius 2 is 1.74 bits per heavy atom. The minimum Gasteiger partial charge on any atom is -0.310 e. The molecule has 3 fully saturated rings. The van der Waals surface area contributed by atoms with Gasteiger partial charge in [0.1, 0.15) is 0 Å². The Morgan fingerprint density at radius 1 is 0.947 bits per heavy atom. The van der Waals surface area contributed by atoms with Gasteiger partial charge in [-0.15, -0.1) is 0 Å². The highest BCUT2D eigenvalue weighted by Crippen LogP contribution is 2.24. The second kappa shape index (κ2) is 6.55. The van der Waals surface area contributed by atoms with Gasteiger partial charge in [0.25, 0.3) is 0 Å². The highest BCUT2D eigenvalue weighted by Gasteiger charge is 2.31. The molecule has 0 aromatic heterocycles. The molecule has 0 aromatic rings. The third-order valence-electron chi connectivity index (χ3n) is 5.11. The normalized spacial score (nSPS) is 31.7. The van der Waals surface area contributed by atoms with Crippen molar-refractivity contribution in [3.8, 4) is 0 Å². The molecule has 19 heavy (non-hydrogen) atoms. The van der Waals surface area contributed by atoms with E-state index in [0.717, 1.165) is 18.1 Å². The van der Waals surface area contributed by atoms with Crippen LogP contribution in [0.25, 0.3) is 0 Å². The van der Waals surface area contributed by atoms with Gasteiger partial charge in [-0.1, -0.05) is 6.92 Å². The first-order chi connectivity index (χ1) is 9.35. The van der Waals surface area contributed by atoms with E-state index in [2.05, 4.69) is 22.0 Å². The van der Waals surface area contributed by atoms with E-state index in [-0.39, 0.29) is 0 Å². The highest BCUT2D eigenvalue weighted by atomic mass is 15.2. The minimum absolute atomic E-state index is 0.787. The number of rotatable bonds is 5. The van der Waals surface area contributed by atoms with Gasteiger partial charge in [-0.3, -0.25) is 4.90 Å². The SMILES string of the molecule is CCCN1CCC(N2CCCC(NC3CC3)C2)CC1. The molecular weight excluding hydrogens is 234 g/mol. The molecule has 1 aliphatic carbocycles. The predicted molar refractivity (Wildman–Crippen MR) is 80.5 cm³/mol. The molecule has 1 unspecified atom stereocenters. The van der Waals surface area contributed by atoms with Gasteiger partial charge in [0.15, 0.2) is 0 Å². The highest BCUT2D eigenvalue weighted by molar-refractivity contribution is 4.90. The van der Waals surface area contributed by atoms with Crippen LogP contribution >= 0.6 is 0 Å². The summed E-state index contributed by atoms with van der Waals surface area (Å²) in [5, 5.41) is 3.84. The van der Waals surface area contributed by atoms with E-state index in [0.29, 0.717) is 0 Å². The summed E-state index contributed by atoms with van der Waals surface area (Å²) in [6.45, 7) is 8.92. The largest absolute Gasteiger partial charge is 0.310 e. The van der Waals surface area contributed by atoms with E-state index in [1.165, 1.54) is 77.7 Å². The Labute approximate surface area is 118 Å². The van der Waals surface area contributed by atoms with Crippen molar-refractivity contribution in [3.63, 3.8) is 0 Å². The van der Waals surface area contributed by atoms with Crippen molar-refractivity contribution in [3.05, 3.63) is 0 Å². The van der Waals surface area contributed by atoms with Crippen molar-refractivity contribution in [1.29, 1.82) is 0 Å². The lowest BCUT2D eigenvalue weighted by atomic mass is 9.98. The number of hydrogen-bond acceptors (Lipinski definition) is 3. The van der Waals surface area contributed by atoms with Gasteiger partial charge in [0.05, 0.1) is 0 Å². The molecule has 0 spiro atoms. The zero-order valence-electron chi connectivity index (χ0n) is 12.6. The monoisotopic (exact) mass is 265 g/mol. The summed E-state index contributed by atoms with van der Waals surface area (Å²) in [5.41, 5.74) is 0. The molecule has 0 amide bonds. The lowest BCUT2D eigenvalue weighted by Gasteiger charge is -2.42. The molecule has 0 radical (unpaired) electrons. The van der Waals surface area contributed by atoms with Crippen LogP contribution in [-0.2, 0) is 0 Å². The molecule has 2 aliphatic heterocycles. The van der Waals surface area contributed by atoms with Gasteiger partial charge in [-0.25, -0.2) is 0 Å². The van der Waals surface area contributed by atoms with Crippen LogP contribution < -0.4 is 5.32 Å². The molecule has 1 saturated carbocycles. The fourth-order valence-corrected chi connectivity index (χ4v) is 3.88. The van der Waals surface area contributed by atoms with Crippen molar-refractivity contribution in [2.45, 2.75) is 70.0 Å². The predicted octanol–water partition coefficient (Wildman–Crippen LogP) is 2.08. The average molecular weight is 265 g/mol. The lowest BCUT2D eigenvalue weighted by molar-refractivity contribution is 0.0796. The quantitative estimate of drug-likeness (QED) is 0.821. The number of likely N-dealkylation sites (tertiary alicyclic amines) is 2. The molecule has 110 valence electrons. The van der Waals surface area contributed by atoms with Gasteiger partial charge < -0.3 is 10.2 Å². The first kappa shape index (κ1) is 13.8. The van der Waals surface area contributed by atoms with Crippen LogP contribution in [0, 0.1) is 0 Å². The number of nitrogens with zero attached hydrogens (tertiary/aromatic N) is 2. The van der Waals surface area contributed by atoms with Gasteiger partial charge in [-0.05, 0) is 71.1 Å². The Hall–Kier alpha value is -0.120. The van der Waals surface area contributed by atoms with Crippen LogP contribution in [0.2, 0.25) is 0 Å². The van der Waals surface area contributed by atoms with Gasteiger partial charge in [-0.2, -0.15) is 0 Å². The lowest BCUT2D eigenvalue weighted by Crippen LogP contribution is -2.53. The van der Waals surface area contributed by atoms with E-state index in [4.69, 9.17) is 0 Å². The van der Waals surface area contributed by atoms with E-state index in [1.807, 2.05) is 0 Å². The van der Waals surface area contributed by atoms with Gasteiger partial charge >= 0.3 is 0 Å². The summed E-state index contributed by atoms with van der Waals surface area (Å²) >= 11 is 0. The third kappa shape index (κ3) is 3.93. The maximum atomic E-state index is 3.84. The maximum absolute atomic E-state index is 3.84. The second-order valence-electron chi connectivity index (χ2n) is 6.85. The molecule has 2 heterocycles. The molecule has 3 nitrogen and oxygen atoms in total. The van der Waals surface area contributed by atoms with Crippen LogP contribution in [-0.4, -0.2) is 60.6 Å². The van der Waals surface area contributed by atoms with E-state index >= 15 is 0 Å². The van der Waals surface area contributed by atoms with Crippen molar-refractivity contribution in [1.82, 2.24) is 15.1 Å². The Bertz CT molecular complexity index is 269. The number of nitrogens with one attached hydrogen (secondary N) is 1. The van der Waals surface area contributed by atoms with Crippen molar-refractivity contribution < 1.29 is 0 Å². The maximum Gasteiger partial charge on any atom is 0.0198 e. The molecular formula is C16H31N3.